The second-order valence-corrected chi connectivity index (χ2v) is 45.8. The Bertz CT molecular complexity index is 6140. The molecule has 8 saturated heterocycles. The van der Waals surface area contributed by atoms with Gasteiger partial charge in [0.25, 0.3) is 0 Å². The highest BCUT2D eigenvalue weighted by molar-refractivity contribution is 5.81. The van der Waals surface area contributed by atoms with Crippen molar-refractivity contribution in [3.63, 3.8) is 0 Å². The number of aryl methyl sites for hydroxylation is 10. The molecule has 8 aliphatic heterocycles. The molecular formula is C121H157F8N13O6. The molecule has 27 heteroatoms. The number of alkyl halides is 6. The van der Waals surface area contributed by atoms with Crippen LogP contribution < -0.4 is 11.1 Å². The van der Waals surface area contributed by atoms with E-state index >= 15 is 0 Å². The second-order valence-electron chi connectivity index (χ2n) is 45.8. The fraction of sp³-hybridized carbons (Fsp3) is 0.512. The topological polar surface area (TPSA) is 179 Å². The van der Waals surface area contributed by atoms with Gasteiger partial charge in [-0.25, -0.2) is 28.0 Å². The van der Waals surface area contributed by atoms with Crippen molar-refractivity contribution in [3.05, 3.63) is 317 Å². The summed E-state index contributed by atoms with van der Waals surface area (Å²) in [6, 6.07) is 56.1. The van der Waals surface area contributed by atoms with E-state index in [4.69, 9.17) is 5.73 Å². The van der Waals surface area contributed by atoms with Gasteiger partial charge in [-0.2, -0.15) is 26.3 Å². The van der Waals surface area contributed by atoms with Gasteiger partial charge in [0.1, 0.15) is 11.6 Å². The lowest BCUT2D eigenvalue weighted by atomic mass is 9.78. The monoisotopic (exact) mass is 2040 g/mol. The van der Waals surface area contributed by atoms with Gasteiger partial charge in [-0.15, -0.1) is 0 Å². The quantitative estimate of drug-likeness (QED) is 0.0622. The van der Waals surface area contributed by atoms with E-state index in [2.05, 4.69) is 172 Å². The minimum atomic E-state index is -4.46. The fourth-order valence-electron chi connectivity index (χ4n) is 25.2. The van der Waals surface area contributed by atoms with E-state index < -0.39 is 41.0 Å². The summed E-state index contributed by atoms with van der Waals surface area (Å²) >= 11 is 0. The largest absolute Gasteiger partial charge is 0.416 e. The molecule has 16 atom stereocenters. The molecule has 19 nitrogen and oxygen atoms in total. The number of carbonyl (C=O) groups excluding carboxylic acids is 5. The van der Waals surface area contributed by atoms with E-state index in [9.17, 15) is 64.2 Å². The van der Waals surface area contributed by atoms with Crippen molar-refractivity contribution in [1.82, 2.24) is 59.2 Å². The lowest BCUT2D eigenvalue weighted by Crippen LogP contribution is -2.51. The molecule has 9 amide bonds. The first-order valence-electron chi connectivity index (χ1n) is 52.9. The first-order valence-corrected chi connectivity index (χ1v) is 52.9. The van der Waals surface area contributed by atoms with Gasteiger partial charge in [0.05, 0.1) is 64.9 Å². The van der Waals surface area contributed by atoms with Crippen molar-refractivity contribution in [3.8, 4) is 0 Å². The maximum absolute atomic E-state index is 14.2. The number of nitrogens with two attached hydrogens (primary N) is 1. The number of benzene rings is 9. The van der Waals surface area contributed by atoms with Gasteiger partial charge in [0.15, 0.2) is 0 Å². The Kier molecular flexibility index (Phi) is 35.5. The summed E-state index contributed by atoms with van der Waals surface area (Å²) in [5.74, 6) is 2.12. The summed E-state index contributed by atoms with van der Waals surface area (Å²) in [5, 5.41) is 13.4. The molecule has 0 aliphatic carbocycles. The van der Waals surface area contributed by atoms with Gasteiger partial charge in [-0.05, 0) is 288 Å². The molecule has 17 rings (SSSR count). The average molecular weight is 2040 g/mol. The fourth-order valence-corrected chi connectivity index (χ4v) is 25.2. The van der Waals surface area contributed by atoms with Crippen LogP contribution in [0.3, 0.4) is 0 Å². The number of halogens is 8. The Hall–Kier alpha value is -11.2. The van der Waals surface area contributed by atoms with Crippen LogP contribution in [0, 0.1) is 139 Å². The van der Waals surface area contributed by atoms with E-state index in [-0.39, 0.29) is 102 Å². The van der Waals surface area contributed by atoms with Crippen LogP contribution in [-0.4, -0.2) is 215 Å². The molecule has 0 aromatic heterocycles. The van der Waals surface area contributed by atoms with Gasteiger partial charge in [-0.3, -0.25) is 9.69 Å². The minimum absolute atomic E-state index is 0.0273. The summed E-state index contributed by atoms with van der Waals surface area (Å²) in [5.41, 5.74) is 22.2. The number of urea groups is 4. The maximum Gasteiger partial charge on any atom is 0.416 e. The van der Waals surface area contributed by atoms with Gasteiger partial charge in [0, 0.05) is 156 Å². The molecule has 4 unspecified atom stereocenters. The van der Waals surface area contributed by atoms with E-state index in [0.29, 0.717) is 83.9 Å². The van der Waals surface area contributed by atoms with Crippen LogP contribution in [-0.2, 0) is 23.7 Å². The number of fused-ring (bicyclic) bond motifs is 4. The van der Waals surface area contributed by atoms with Crippen molar-refractivity contribution in [1.29, 1.82) is 0 Å². The number of amides is 9. The predicted octanol–water partition coefficient (Wildman–Crippen LogP) is 24.6. The maximum atomic E-state index is 14.2. The van der Waals surface area contributed by atoms with Crippen LogP contribution in [0.2, 0.25) is 0 Å². The van der Waals surface area contributed by atoms with Crippen LogP contribution >= 0.6 is 0 Å². The van der Waals surface area contributed by atoms with Crippen molar-refractivity contribution in [2.75, 3.05) is 126 Å². The summed E-state index contributed by atoms with van der Waals surface area (Å²) in [6.45, 7) is 47.5. The summed E-state index contributed by atoms with van der Waals surface area (Å²) in [6.07, 6.45) is -5.22. The van der Waals surface area contributed by atoms with Gasteiger partial charge in [0.2, 0.25) is 5.91 Å². The molecule has 148 heavy (non-hydrogen) atoms. The molecule has 798 valence electrons. The van der Waals surface area contributed by atoms with E-state index in [1.165, 1.54) is 33.9 Å². The normalized spacial score (nSPS) is 22.9. The van der Waals surface area contributed by atoms with Crippen LogP contribution in [0.4, 0.5) is 54.3 Å². The Balaban J connectivity index is 0.000000156. The number of nitrogens with one attached hydrogen (secondary N) is 1. The minimum Gasteiger partial charge on any atom is -0.396 e. The molecule has 4 N–H and O–H groups in total. The molecule has 0 saturated carbocycles. The van der Waals surface area contributed by atoms with E-state index in [0.717, 1.165) is 178 Å². The number of hydrogen-bond donors (Lipinski definition) is 3. The van der Waals surface area contributed by atoms with Gasteiger partial charge < -0.3 is 65.2 Å². The highest BCUT2D eigenvalue weighted by atomic mass is 19.4. The van der Waals surface area contributed by atoms with Crippen LogP contribution in [0.15, 0.2) is 188 Å². The van der Waals surface area contributed by atoms with E-state index in [1.54, 1.807) is 81.9 Å². The summed E-state index contributed by atoms with van der Waals surface area (Å²) in [4.78, 5) is 90.3. The van der Waals surface area contributed by atoms with Crippen LogP contribution in [0.5, 0.6) is 0 Å². The molecular weight excluding hydrogens is 1880 g/mol. The Morgan fingerprint density at radius 1 is 0.372 bits per heavy atom. The number of rotatable bonds is 20. The van der Waals surface area contributed by atoms with Crippen molar-refractivity contribution < 1.29 is 64.2 Å². The number of aliphatic hydroxyl groups excluding tert-OH is 1. The van der Waals surface area contributed by atoms with Crippen molar-refractivity contribution in [2.24, 2.45) is 63.9 Å². The Morgan fingerprint density at radius 3 is 1.03 bits per heavy atom. The average Bonchev–Trinajstić information content (AvgIpc) is 1.57. The molecule has 0 radical (unpaired) electrons. The van der Waals surface area contributed by atoms with Gasteiger partial charge in [-0.1, -0.05) is 187 Å². The van der Waals surface area contributed by atoms with Crippen molar-refractivity contribution in [2.45, 2.75) is 218 Å². The molecule has 0 bridgehead atoms. The number of carbonyl (C=O) groups is 5. The Labute approximate surface area is 872 Å². The molecule has 8 heterocycles. The first kappa shape index (κ1) is 112. The number of hydrogen-bond acceptors (Lipinski definition) is 10. The lowest BCUT2D eigenvalue weighted by molar-refractivity contribution is -0.138. The van der Waals surface area contributed by atoms with Crippen molar-refractivity contribution >= 4 is 30.0 Å². The van der Waals surface area contributed by atoms with Crippen LogP contribution in [0.1, 0.15) is 246 Å². The highest BCUT2D eigenvalue weighted by Gasteiger charge is 2.53. The number of aliphatic hydroxyl groups is 1. The summed E-state index contributed by atoms with van der Waals surface area (Å²) < 4.78 is 109. The Morgan fingerprint density at radius 2 is 0.682 bits per heavy atom. The molecule has 8 aliphatic rings. The third kappa shape index (κ3) is 25.8. The predicted molar refractivity (Wildman–Crippen MR) is 571 cm³/mol. The lowest BCUT2D eigenvalue weighted by Gasteiger charge is -2.45. The number of likely N-dealkylation sites (tertiary alicyclic amines) is 7. The molecule has 8 fully saturated rings. The second kappa shape index (κ2) is 46.7. The zero-order valence-corrected chi connectivity index (χ0v) is 90.8. The molecule has 0 spiro atoms. The van der Waals surface area contributed by atoms with Gasteiger partial charge >= 0.3 is 36.5 Å². The number of piperidine rings is 4. The third-order valence-electron chi connectivity index (χ3n) is 33.5. The third-order valence-corrected chi connectivity index (χ3v) is 33.5. The molecule has 9 aromatic rings. The number of primary amides is 1. The SMILES string of the molecule is Cc1cc(C)cc([C@@H](C)N(C)C(=O)N2CC[C@@H]3CN(Cc4ccccc4)CC3[C@@H]2c2ccc(F)cc2C)c1.Cc1cc(C)cc([C@@H](C)N(C)C(=O)N2CC[C@@H]3CNCC3[C@@H]2c2ccc(F)cc2C)c1.Cc1cc([C@@H](C)N(C)C(=O)N2CC[C@@H]3CN(CC(C)(C)C(N)=O)CC3[C@@H]2c2ccccc2C)cc(C(F)(F)F)c1.Cc1cc([C@@H](C)N(C)C(=O)N2CC[C@@H]3CN(CC(C)(C)CO)CC3[C@@H]2c2ccccc2C)cc(C(F)(F)F)c1. The first-order chi connectivity index (χ1) is 69.8. The highest BCUT2D eigenvalue weighted by Crippen LogP contribution is 2.52. The number of nitrogens with zero attached hydrogens (tertiary/aromatic N) is 11. The summed E-state index contributed by atoms with van der Waals surface area (Å²) in [7, 11) is 7.17. The molecule has 9 aromatic carbocycles. The smallest absolute Gasteiger partial charge is 0.396 e. The zero-order chi connectivity index (χ0) is 108. The van der Waals surface area contributed by atoms with Crippen LogP contribution in [0.25, 0.3) is 0 Å². The standard InChI is InChI=1S/C33H40FN3O.C31H41F3N4O2.C31H42F3N3O2.C26H34FN3O/c1-22-15-23(2)17-28(16-22)25(4)35(5)33(38)37-14-13-27-20-36(19-26-9-7-6-8-10-26)21-31(27)32(37)30-12-11-29(34)18-24(30)3;1-19-13-23(15-24(14-19)31(32,33)34)21(3)36(6)29(40)38-12-11-22-16-37(18-30(4,5)28(35)39)17-26(22)27(38)25-10-8-7-9-20(25)2;1-20-13-24(15-25(14-20)31(32,33)34)22(3)35(6)29(39)37-12-11-23-16-36(18-30(4,5)19-38)17-27(23)28(37)26-10-8-7-9-21(26)2;1-16-10-17(2)12-21(11-16)19(4)29(5)26(31)30-9-8-20-14-28-15-24(20)25(30)23-7-6-22(27)13-18(23)3/h6-12,15-18,25,27,31-32H,13-14,19-21H2,1-5H3;7-10,13-15,21-22,26-27H,11-12,16-18H2,1-6H3,(H2,35,39);7-10,13-15,22-23,27-28,38H,11-12,16-19H2,1-6H3;6-7,10-13,19-20,24-25,28H,8-9,14-15H2,1-5H3/t25-,27-,31?,32+;21-,22-,26?,27+;22-,23-,27?,28+;19-,20-,24?,25+/m1111/s1. The van der Waals surface area contributed by atoms with E-state index in [1.807, 2.05) is 116 Å². The zero-order valence-electron chi connectivity index (χ0n) is 90.8.